The molecule has 0 saturated carbocycles. The molecule has 15 nitrogen and oxygen atoms in total. The average Bonchev–Trinajstić information content (AvgIpc) is 3.15. The Balaban J connectivity index is 1.73. The van der Waals surface area contributed by atoms with Crippen molar-refractivity contribution in [3.8, 4) is 23.0 Å². The Morgan fingerprint density at radius 1 is 0.964 bits per heavy atom. The number of nitrogens with zero attached hydrogens (tertiary/aromatic N) is 1. The molecule has 3 aromatic carbocycles. The summed E-state index contributed by atoms with van der Waals surface area (Å²) in [5.41, 5.74) is 6.71. The molecule has 4 bridgehead atoms. The molecule has 0 saturated heterocycles. The second kappa shape index (κ2) is 20.7. The van der Waals surface area contributed by atoms with Gasteiger partial charge in [0.15, 0.2) is 17.5 Å². The summed E-state index contributed by atoms with van der Waals surface area (Å²) in [5.74, 6) is -4.90. The van der Waals surface area contributed by atoms with Gasteiger partial charge in [-0.15, -0.1) is 0 Å². The van der Waals surface area contributed by atoms with Crippen LogP contribution in [0.5, 0.6) is 23.0 Å². The second-order valence-corrected chi connectivity index (χ2v) is 13.7. The third-order valence-corrected chi connectivity index (χ3v) is 9.49. The normalized spacial score (nSPS) is 17.7. The fourth-order valence-electron chi connectivity index (χ4n) is 6.53. The number of amides is 3. The molecule has 0 unspecified atom stereocenters. The lowest BCUT2D eigenvalue weighted by Gasteiger charge is -2.30. The van der Waals surface area contributed by atoms with Gasteiger partial charge in [-0.25, -0.2) is 4.79 Å². The van der Waals surface area contributed by atoms with Crippen molar-refractivity contribution in [1.82, 2.24) is 16.0 Å². The van der Waals surface area contributed by atoms with E-state index in [1.165, 1.54) is 57.1 Å². The van der Waals surface area contributed by atoms with E-state index in [1.54, 1.807) is 30.3 Å². The van der Waals surface area contributed by atoms with Crippen molar-refractivity contribution >= 4 is 29.4 Å². The number of nitro benzene ring substituents is 1. The van der Waals surface area contributed by atoms with E-state index < -0.39 is 64.2 Å². The van der Waals surface area contributed by atoms with Gasteiger partial charge in [0.05, 0.1) is 24.1 Å². The molecule has 0 fully saturated rings. The minimum absolute atomic E-state index is 0.0249. The maximum absolute atomic E-state index is 14.2. The number of fused-ring (bicyclic) bond motifs is 9. The predicted molar refractivity (Wildman–Crippen MR) is 204 cm³/mol. The number of carboxylic acids is 1. The Morgan fingerprint density at radius 2 is 1.64 bits per heavy atom. The number of phenolic OH excluding ortho intramolecular Hbond substituents is 1. The van der Waals surface area contributed by atoms with Crippen LogP contribution in [-0.2, 0) is 32.0 Å². The first-order chi connectivity index (χ1) is 26.4. The maximum atomic E-state index is 14.2. The number of aliphatic carboxylic acids is 1. The molecule has 4 atom stereocenters. The summed E-state index contributed by atoms with van der Waals surface area (Å²) in [6.07, 6.45) is 9.02. The van der Waals surface area contributed by atoms with E-state index in [9.17, 15) is 39.5 Å². The number of methoxy groups -OCH3 is 1. The molecule has 2 aliphatic rings. The lowest BCUT2D eigenvalue weighted by atomic mass is 9.96. The van der Waals surface area contributed by atoms with E-state index in [0.29, 0.717) is 17.5 Å². The van der Waals surface area contributed by atoms with Crippen molar-refractivity contribution in [2.75, 3.05) is 7.11 Å². The van der Waals surface area contributed by atoms with Crippen molar-refractivity contribution in [2.24, 2.45) is 5.73 Å². The zero-order chi connectivity index (χ0) is 39.9. The first kappa shape index (κ1) is 42.0. The van der Waals surface area contributed by atoms with E-state index >= 15 is 0 Å². The number of nitrogens with one attached hydrogen (secondary N) is 3. The minimum Gasteiger partial charge on any atom is -0.504 e. The van der Waals surface area contributed by atoms with Gasteiger partial charge in [0.1, 0.15) is 6.04 Å². The van der Waals surface area contributed by atoms with Crippen LogP contribution in [0.1, 0.15) is 93.9 Å². The standard InChI is InChI=1S/C40H51N5O10/c1-3-4-5-6-7-8-9-10-14-17-34(47)43-36(40(50)51)35-27-23-31(46)37(54-2)33(24-27)55-32-19-18-26(22-30(32)45(52)53)20-28(41)38(48)42-29(39(49)44-35)21-25-15-12-11-13-16-25/h11-13,15-16,18-19,22-24,28-29,35-36,46H,3-10,14,17,20-21,41H2,1-2H3,(H,42,48)(H,43,47)(H,44,49)(H,50,51)/t28-,29+,35+,36-/m0/s1. The highest BCUT2D eigenvalue weighted by molar-refractivity contribution is 5.91. The fourth-order valence-corrected chi connectivity index (χ4v) is 6.53. The molecule has 0 aliphatic carbocycles. The van der Waals surface area contributed by atoms with Crippen LogP contribution in [0.4, 0.5) is 5.69 Å². The highest BCUT2D eigenvalue weighted by Gasteiger charge is 2.36. The summed E-state index contributed by atoms with van der Waals surface area (Å²) in [7, 11) is 1.23. The Bertz CT molecular complexity index is 1800. The minimum atomic E-state index is -1.78. The first-order valence-corrected chi connectivity index (χ1v) is 18.7. The van der Waals surface area contributed by atoms with Crippen LogP contribution in [0.2, 0.25) is 0 Å². The van der Waals surface area contributed by atoms with Crippen LogP contribution >= 0.6 is 0 Å². The molecule has 2 aliphatic heterocycles. The topological polar surface area (TPSA) is 232 Å². The summed E-state index contributed by atoms with van der Waals surface area (Å²) in [6, 6.07) is 9.29. The summed E-state index contributed by atoms with van der Waals surface area (Å²) in [6.45, 7) is 2.16. The van der Waals surface area contributed by atoms with Crippen molar-refractivity contribution in [3.05, 3.63) is 87.5 Å². The van der Waals surface area contributed by atoms with Gasteiger partial charge in [0, 0.05) is 18.9 Å². The third kappa shape index (κ3) is 12.2. The molecule has 3 amide bonds. The molecular weight excluding hydrogens is 710 g/mol. The molecule has 15 heteroatoms. The number of unbranched alkanes of at least 4 members (excludes halogenated alkanes) is 8. The van der Waals surface area contributed by atoms with Crippen molar-refractivity contribution in [1.29, 1.82) is 0 Å². The lowest BCUT2D eigenvalue weighted by molar-refractivity contribution is -0.385. The second-order valence-electron chi connectivity index (χ2n) is 13.7. The third-order valence-electron chi connectivity index (χ3n) is 9.49. The van der Waals surface area contributed by atoms with Crippen LogP contribution in [-0.4, -0.2) is 64.1 Å². The van der Waals surface area contributed by atoms with Crippen LogP contribution < -0.4 is 31.2 Å². The van der Waals surface area contributed by atoms with Crippen molar-refractivity contribution in [3.63, 3.8) is 0 Å². The number of phenols is 1. The molecule has 7 N–H and O–H groups in total. The van der Waals surface area contributed by atoms with Crippen LogP contribution in [0.3, 0.4) is 0 Å². The van der Waals surface area contributed by atoms with E-state index in [1.807, 2.05) is 0 Å². The zero-order valence-electron chi connectivity index (χ0n) is 31.3. The number of rotatable bonds is 17. The highest BCUT2D eigenvalue weighted by atomic mass is 16.6. The number of carbonyl (C=O) groups excluding carboxylic acids is 3. The molecule has 2 heterocycles. The van der Waals surface area contributed by atoms with Gasteiger partial charge in [-0.1, -0.05) is 94.7 Å². The molecule has 0 radical (unpaired) electrons. The van der Waals surface area contributed by atoms with Crippen LogP contribution in [0, 0.1) is 10.1 Å². The quantitative estimate of drug-likeness (QED) is 0.0582. The van der Waals surface area contributed by atoms with Gasteiger partial charge >= 0.3 is 11.7 Å². The number of ether oxygens (including phenoxy) is 2. The predicted octanol–water partition coefficient (Wildman–Crippen LogP) is 5.36. The number of carbonyl (C=O) groups is 4. The van der Waals surface area contributed by atoms with Crippen LogP contribution in [0.25, 0.3) is 0 Å². The molecule has 296 valence electrons. The van der Waals surface area contributed by atoms with E-state index in [0.717, 1.165) is 31.7 Å². The molecule has 55 heavy (non-hydrogen) atoms. The van der Waals surface area contributed by atoms with E-state index in [2.05, 4.69) is 22.9 Å². The van der Waals surface area contributed by atoms with Gasteiger partial charge in [-0.3, -0.25) is 24.5 Å². The largest absolute Gasteiger partial charge is 0.504 e. The summed E-state index contributed by atoms with van der Waals surface area (Å²) in [5, 5.41) is 41.7. The van der Waals surface area contributed by atoms with Gasteiger partial charge in [0.25, 0.3) is 0 Å². The number of aromatic hydroxyl groups is 1. The number of benzene rings is 3. The first-order valence-electron chi connectivity index (χ1n) is 18.7. The molecule has 3 aromatic rings. The Kier molecular flexibility index (Phi) is 15.8. The van der Waals surface area contributed by atoms with Gasteiger partial charge in [-0.2, -0.15) is 0 Å². The Morgan fingerprint density at radius 3 is 2.27 bits per heavy atom. The highest BCUT2D eigenvalue weighted by Crippen LogP contribution is 2.44. The summed E-state index contributed by atoms with van der Waals surface area (Å²) < 4.78 is 11.3. The zero-order valence-corrected chi connectivity index (χ0v) is 31.3. The number of nitro groups is 1. The molecule has 0 aromatic heterocycles. The number of nitrogens with two attached hydrogens (primary N) is 1. The maximum Gasteiger partial charge on any atom is 0.328 e. The Hall–Kier alpha value is -5.70. The lowest BCUT2D eigenvalue weighted by Crippen LogP contribution is -2.56. The fraction of sp³-hybridized carbons (Fsp3) is 0.450. The van der Waals surface area contributed by atoms with E-state index in [4.69, 9.17) is 15.2 Å². The molecular formula is C40H51N5O10. The van der Waals surface area contributed by atoms with Gasteiger partial charge < -0.3 is 41.4 Å². The van der Waals surface area contributed by atoms with Crippen molar-refractivity contribution < 1.29 is 43.8 Å². The smallest absolute Gasteiger partial charge is 0.328 e. The monoisotopic (exact) mass is 761 g/mol. The molecule has 0 spiro atoms. The summed E-state index contributed by atoms with van der Waals surface area (Å²) >= 11 is 0. The Labute approximate surface area is 320 Å². The summed E-state index contributed by atoms with van der Waals surface area (Å²) in [4.78, 5) is 65.3. The van der Waals surface area contributed by atoms with Gasteiger partial charge in [0.2, 0.25) is 29.2 Å². The van der Waals surface area contributed by atoms with Gasteiger partial charge in [-0.05, 0) is 47.7 Å². The van der Waals surface area contributed by atoms with E-state index in [-0.39, 0.29) is 42.1 Å². The number of hydrogen-bond acceptors (Lipinski definition) is 10. The molecule has 5 rings (SSSR count). The van der Waals surface area contributed by atoms with Crippen LogP contribution in [0.15, 0.2) is 60.7 Å². The number of hydrogen-bond donors (Lipinski definition) is 6. The number of carboxylic acid groups (broad SMARTS) is 1. The SMILES string of the molecule is CCCCCCCCCCCC(=O)N[C@H](C(=O)O)[C@@H]1NC(=O)[C@@H](Cc2ccccc2)NC(=O)[C@@H](N)Cc2ccc(c([N+](=O)[O-])c2)Oc2cc1cc(O)c2OC. The average molecular weight is 762 g/mol. The van der Waals surface area contributed by atoms with Crippen molar-refractivity contribution in [2.45, 2.75) is 108 Å².